The van der Waals surface area contributed by atoms with Gasteiger partial charge in [0.1, 0.15) is 11.6 Å². The predicted octanol–water partition coefficient (Wildman–Crippen LogP) is 4.75. The molecule has 7 nitrogen and oxygen atoms in total. The van der Waals surface area contributed by atoms with Crippen molar-refractivity contribution < 1.29 is 14.3 Å². The Balaban J connectivity index is 1.56. The van der Waals surface area contributed by atoms with Crippen LogP contribution in [0.3, 0.4) is 0 Å². The largest absolute Gasteiger partial charge is 0.444 e. The number of ether oxygens (including phenoxy) is 1. The number of nitrogens with one attached hydrogen (secondary N) is 2. The number of amides is 2. The minimum absolute atomic E-state index is 0.154. The molecule has 2 aromatic carbocycles. The smallest absolute Gasteiger partial charge is 0.408 e. The SMILES string of the molecule is CC(C)(C)OC(=O)NC(Cc1ccccc1)C(=O)N1CCc2[nH]nc(-c3cccc(Cl)c3)c2C1. The van der Waals surface area contributed by atoms with Crippen molar-refractivity contribution in [2.75, 3.05) is 6.54 Å². The van der Waals surface area contributed by atoms with Gasteiger partial charge in [-0.25, -0.2) is 4.79 Å². The average molecular weight is 481 g/mol. The number of hydrogen-bond acceptors (Lipinski definition) is 4. The first-order valence-electron chi connectivity index (χ1n) is 11.3. The first-order valence-corrected chi connectivity index (χ1v) is 11.7. The standard InChI is InChI=1S/C26H29ClN4O3/c1-26(2,3)34-25(33)28-22(14-17-8-5-4-6-9-17)24(32)31-13-12-21-20(16-31)23(30-29-21)18-10-7-11-19(27)15-18/h4-11,15,22H,12-14,16H2,1-3H3,(H,28,33)(H,29,30). The summed E-state index contributed by atoms with van der Waals surface area (Å²) in [5, 5.41) is 11.0. The van der Waals surface area contributed by atoms with Crippen molar-refractivity contribution in [3.05, 3.63) is 76.4 Å². The maximum absolute atomic E-state index is 13.6. The van der Waals surface area contributed by atoms with Gasteiger partial charge in [0, 0.05) is 47.8 Å². The fourth-order valence-corrected chi connectivity index (χ4v) is 4.27. The third-order valence-corrected chi connectivity index (χ3v) is 5.85. The van der Waals surface area contributed by atoms with Gasteiger partial charge in [-0.3, -0.25) is 9.89 Å². The summed E-state index contributed by atoms with van der Waals surface area (Å²) in [4.78, 5) is 28.0. The lowest BCUT2D eigenvalue weighted by molar-refractivity contribution is -0.134. The van der Waals surface area contributed by atoms with E-state index in [9.17, 15) is 9.59 Å². The molecule has 2 heterocycles. The van der Waals surface area contributed by atoms with Gasteiger partial charge >= 0.3 is 6.09 Å². The molecule has 4 rings (SSSR count). The molecule has 0 saturated heterocycles. The van der Waals surface area contributed by atoms with E-state index in [-0.39, 0.29) is 5.91 Å². The summed E-state index contributed by atoms with van der Waals surface area (Å²) in [6.45, 7) is 6.31. The summed E-state index contributed by atoms with van der Waals surface area (Å²) >= 11 is 6.18. The number of aromatic amines is 1. The van der Waals surface area contributed by atoms with Gasteiger partial charge in [-0.05, 0) is 38.5 Å². The van der Waals surface area contributed by atoms with Crippen molar-refractivity contribution in [2.45, 2.75) is 51.8 Å². The van der Waals surface area contributed by atoms with Crippen LogP contribution in [0.4, 0.5) is 4.79 Å². The molecule has 178 valence electrons. The number of fused-ring (bicyclic) bond motifs is 1. The Bertz CT molecular complexity index is 1170. The van der Waals surface area contributed by atoms with Crippen LogP contribution >= 0.6 is 11.6 Å². The first-order chi connectivity index (χ1) is 16.2. The summed E-state index contributed by atoms with van der Waals surface area (Å²) in [6.07, 6.45) is 0.413. The highest BCUT2D eigenvalue weighted by Gasteiger charge is 2.32. The monoisotopic (exact) mass is 480 g/mol. The first kappa shape index (κ1) is 23.8. The molecule has 2 amide bonds. The van der Waals surface area contributed by atoms with Crippen molar-refractivity contribution in [2.24, 2.45) is 0 Å². The van der Waals surface area contributed by atoms with Crippen LogP contribution in [0, 0.1) is 0 Å². The normalized spacial score (nSPS) is 14.3. The van der Waals surface area contributed by atoms with Gasteiger partial charge in [0.15, 0.2) is 0 Å². The van der Waals surface area contributed by atoms with E-state index in [1.54, 1.807) is 25.7 Å². The molecule has 0 fully saturated rings. The van der Waals surface area contributed by atoms with Gasteiger partial charge in [-0.1, -0.05) is 54.1 Å². The number of H-pyrrole nitrogens is 1. The number of hydrogen-bond donors (Lipinski definition) is 2. The zero-order valence-corrected chi connectivity index (χ0v) is 20.4. The predicted molar refractivity (Wildman–Crippen MR) is 131 cm³/mol. The Morgan fingerprint density at radius 3 is 2.65 bits per heavy atom. The number of carbonyl (C=O) groups excluding carboxylic acids is 2. The molecule has 0 bridgehead atoms. The van der Waals surface area contributed by atoms with Gasteiger partial charge in [0.2, 0.25) is 5.91 Å². The van der Waals surface area contributed by atoms with Crippen LogP contribution in [0.15, 0.2) is 54.6 Å². The molecule has 1 unspecified atom stereocenters. The van der Waals surface area contributed by atoms with E-state index in [1.165, 1.54) is 0 Å². The summed E-state index contributed by atoms with van der Waals surface area (Å²) in [6, 6.07) is 16.4. The van der Waals surface area contributed by atoms with E-state index in [2.05, 4.69) is 15.5 Å². The van der Waals surface area contributed by atoms with Crippen molar-refractivity contribution in [1.29, 1.82) is 0 Å². The summed E-state index contributed by atoms with van der Waals surface area (Å²) in [5.74, 6) is -0.154. The molecule has 0 saturated carbocycles. The second-order valence-electron chi connectivity index (χ2n) is 9.44. The van der Waals surface area contributed by atoms with Gasteiger partial charge in [-0.2, -0.15) is 5.10 Å². The molecule has 1 aliphatic heterocycles. The van der Waals surface area contributed by atoms with Crippen molar-refractivity contribution in [3.63, 3.8) is 0 Å². The highest BCUT2D eigenvalue weighted by molar-refractivity contribution is 6.30. The lowest BCUT2D eigenvalue weighted by atomic mass is 9.99. The summed E-state index contributed by atoms with van der Waals surface area (Å²) in [7, 11) is 0. The molecule has 2 N–H and O–H groups in total. The molecule has 0 radical (unpaired) electrons. The second kappa shape index (κ2) is 9.89. The van der Waals surface area contributed by atoms with Crippen LogP contribution < -0.4 is 5.32 Å². The molecule has 1 atom stereocenters. The Kier molecular flexibility index (Phi) is 6.93. The Morgan fingerprint density at radius 1 is 1.18 bits per heavy atom. The molecule has 34 heavy (non-hydrogen) atoms. The van der Waals surface area contributed by atoms with E-state index in [4.69, 9.17) is 16.3 Å². The molecule has 8 heteroatoms. The minimum atomic E-state index is -0.750. The van der Waals surface area contributed by atoms with Crippen molar-refractivity contribution in [3.8, 4) is 11.3 Å². The fourth-order valence-electron chi connectivity index (χ4n) is 4.08. The van der Waals surface area contributed by atoms with Gasteiger partial charge in [0.25, 0.3) is 0 Å². The van der Waals surface area contributed by atoms with E-state index in [0.717, 1.165) is 28.1 Å². The van der Waals surface area contributed by atoms with Crippen LogP contribution in [-0.2, 0) is 28.9 Å². The topological polar surface area (TPSA) is 87.3 Å². The lowest BCUT2D eigenvalue weighted by Gasteiger charge is -2.31. The van der Waals surface area contributed by atoms with E-state index < -0.39 is 17.7 Å². The van der Waals surface area contributed by atoms with Crippen LogP contribution in [0.5, 0.6) is 0 Å². The maximum Gasteiger partial charge on any atom is 0.408 e. The lowest BCUT2D eigenvalue weighted by Crippen LogP contribution is -2.51. The van der Waals surface area contributed by atoms with Gasteiger partial charge < -0.3 is 15.0 Å². The highest BCUT2D eigenvalue weighted by Crippen LogP contribution is 2.30. The molecule has 3 aromatic rings. The fraction of sp³-hybridized carbons (Fsp3) is 0.346. The zero-order valence-electron chi connectivity index (χ0n) is 19.6. The highest BCUT2D eigenvalue weighted by atomic mass is 35.5. The van der Waals surface area contributed by atoms with Crippen LogP contribution in [-0.4, -0.2) is 45.3 Å². The third kappa shape index (κ3) is 5.78. The van der Waals surface area contributed by atoms with E-state index in [1.807, 2.05) is 54.6 Å². The number of carbonyl (C=O) groups is 2. The summed E-state index contributed by atoms with van der Waals surface area (Å²) in [5.41, 5.74) is 3.96. The number of aromatic nitrogens is 2. The number of benzene rings is 2. The van der Waals surface area contributed by atoms with Crippen LogP contribution in [0.2, 0.25) is 5.02 Å². The molecular weight excluding hydrogens is 452 g/mol. The zero-order chi connectivity index (χ0) is 24.3. The summed E-state index contributed by atoms with van der Waals surface area (Å²) < 4.78 is 5.43. The molecule has 1 aliphatic rings. The molecular formula is C26H29ClN4O3. The van der Waals surface area contributed by atoms with Crippen LogP contribution in [0.25, 0.3) is 11.3 Å². The van der Waals surface area contributed by atoms with Crippen molar-refractivity contribution >= 4 is 23.6 Å². The quantitative estimate of drug-likeness (QED) is 0.551. The Hall–Kier alpha value is -3.32. The average Bonchev–Trinajstić information content (AvgIpc) is 3.21. The number of nitrogens with zero attached hydrogens (tertiary/aromatic N) is 2. The third-order valence-electron chi connectivity index (χ3n) is 5.61. The molecule has 1 aromatic heterocycles. The van der Waals surface area contributed by atoms with Gasteiger partial charge in [-0.15, -0.1) is 0 Å². The number of halogens is 1. The number of rotatable bonds is 5. The molecule has 0 aliphatic carbocycles. The molecule has 0 spiro atoms. The Morgan fingerprint density at radius 2 is 1.94 bits per heavy atom. The Labute approximate surface area is 204 Å². The van der Waals surface area contributed by atoms with E-state index >= 15 is 0 Å². The van der Waals surface area contributed by atoms with E-state index in [0.29, 0.717) is 31.0 Å². The number of alkyl carbamates (subject to hydrolysis) is 1. The van der Waals surface area contributed by atoms with Gasteiger partial charge in [0.05, 0.1) is 5.69 Å². The second-order valence-corrected chi connectivity index (χ2v) is 9.87. The van der Waals surface area contributed by atoms with Crippen molar-refractivity contribution in [1.82, 2.24) is 20.4 Å². The maximum atomic E-state index is 13.6. The minimum Gasteiger partial charge on any atom is -0.444 e. The van der Waals surface area contributed by atoms with Crippen LogP contribution in [0.1, 0.15) is 37.6 Å².